The van der Waals surface area contributed by atoms with E-state index < -0.39 is 0 Å². The molecule has 1 nitrogen and oxygen atoms in total. The molecule has 0 aliphatic carbocycles. The minimum Gasteiger partial charge on any atom is -0.306 e. The second-order valence-corrected chi connectivity index (χ2v) is 5.32. The van der Waals surface area contributed by atoms with Crippen LogP contribution in [0.25, 0.3) is 0 Å². The molecule has 0 saturated heterocycles. The maximum absolute atomic E-state index is 6.06. The van der Waals surface area contributed by atoms with Gasteiger partial charge < -0.3 is 5.32 Å². The van der Waals surface area contributed by atoms with Crippen molar-refractivity contribution in [3.63, 3.8) is 0 Å². The van der Waals surface area contributed by atoms with Crippen LogP contribution >= 0.6 is 11.6 Å². The van der Waals surface area contributed by atoms with E-state index in [0.717, 1.165) is 18.0 Å². The zero-order valence-electron chi connectivity index (χ0n) is 11.5. The molecule has 0 spiro atoms. The number of rotatable bonds is 5. The van der Waals surface area contributed by atoms with Crippen LogP contribution in [0.2, 0.25) is 5.02 Å². The molecule has 0 radical (unpaired) electrons. The fourth-order valence-corrected chi connectivity index (χ4v) is 2.48. The molecule has 0 heterocycles. The van der Waals surface area contributed by atoms with Crippen LogP contribution < -0.4 is 5.32 Å². The predicted molar refractivity (Wildman–Crippen MR) is 82.5 cm³/mol. The van der Waals surface area contributed by atoms with Crippen molar-refractivity contribution in [2.75, 3.05) is 0 Å². The van der Waals surface area contributed by atoms with Gasteiger partial charge in [-0.1, -0.05) is 60.5 Å². The van der Waals surface area contributed by atoms with Crippen molar-refractivity contribution in [1.29, 1.82) is 0 Å². The van der Waals surface area contributed by atoms with Crippen molar-refractivity contribution in [2.24, 2.45) is 0 Å². The zero-order valence-corrected chi connectivity index (χ0v) is 12.2. The van der Waals surface area contributed by atoms with Crippen LogP contribution in [0.4, 0.5) is 0 Å². The van der Waals surface area contributed by atoms with Gasteiger partial charge in [-0.25, -0.2) is 0 Å². The minimum absolute atomic E-state index is 0.346. The van der Waals surface area contributed by atoms with Gasteiger partial charge >= 0.3 is 0 Å². The first-order valence-electron chi connectivity index (χ1n) is 6.73. The SMILES string of the molecule is CCC(NCc1cccc(C)c1)c1cccc(Cl)c1. The molecular weight excluding hydrogens is 254 g/mol. The highest BCUT2D eigenvalue weighted by molar-refractivity contribution is 6.30. The number of aryl methyl sites for hydroxylation is 1. The summed E-state index contributed by atoms with van der Waals surface area (Å²) in [4.78, 5) is 0. The van der Waals surface area contributed by atoms with Crippen LogP contribution in [0.15, 0.2) is 48.5 Å². The van der Waals surface area contributed by atoms with Gasteiger partial charge in [-0.15, -0.1) is 0 Å². The number of nitrogens with one attached hydrogen (secondary N) is 1. The number of hydrogen-bond donors (Lipinski definition) is 1. The fourth-order valence-electron chi connectivity index (χ4n) is 2.28. The van der Waals surface area contributed by atoms with Crippen LogP contribution in [-0.2, 0) is 6.54 Å². The van der Waals surface area contributed by atoms with Crippen molar-refractivity contribution in [3.8, 4) is 0 Å². The molecule has 2 rings (SSSR count). The van der Waals surface area contributed by atoms with E-state index >= 15 is 0 Å². The quantitative estimate of drug-likeness (QED) is 0.818. The summed E-state index contributed by atoms with van der Waals surface area (Å²) in [7, 11) is 0. The maximum atomic E-state index is 6.06. The van der Waals surface area contributed by atoms with E-state index in [2.05, 4.69) is 49.5 Å². The Bertz CT molecular complexity index is 536. The smallest absolute Gasteiger partial charge is 0.0409 e. The van der Waals surface area contributed by atoms with E-state index in [0.29, 0.717) is 6.04 Å². The molecule has 0 bridgehead atoms. The molecular formula is C17H20ClN. The monoisotopic (exact) mass is 273 g/mol. The summed E-state index contributed by atoms with van der Waals surface area (Å²) in [5.74, 6) is 0. The number of hydrogen-bond acceptors (Lipinski definition) is 1. The van der Waals surface area contributed by atoms with E-state index in [1.165, 1.54) is 16.7 Å². The normalized spacial score (nSPS) is 12.4. The van der Waals surface area contributed by atoms with Crippen LogP contribution in [0.5, 0.6) is 0 Å². The first-order valence-corrected chi connectivity index (χ1v) is 7.11. The Morgan fingerprint density at radius 3 is 2.58 bits per heavy atom. The van der Waals surface area contributed by atoms with E-state index in [9.17, 15) is 0 Å². The van der Waals surface area contributed by atoms with Gasteiger partial charge in [0.25, 0.3) is 0 Å². The molecule has 1 atom stereocenters. The molecule has 0 aliphatic heterocycles. The molecule has 2 aromatic rings. The van der Waals surface area contributed by atoms with E-state index in [1.807, 2.05) is 18.2 Å². The molecule has 19 heavy (non-hydrogen) atoms. The second kappa shape index (κ2) is 6.74. The molecule has 2 aromatic carbocycles. The topological polar surface area (TPSA) is 12.0 Å². The van der Waals surface area contributed by atoms with Crippen molar-refractivity contribution in [1.82, 2.24) is 5.32 Å². The fraction of sp³-hybridized carbons (Fsp3) is 0.294. The molecule has 0 amide bonds. The van der Waals surface area contributed by atoms with Gasteiger partial charge in [-0.05, 0) is 36.6 Å². The number of benzene rings is 2. The highest BCUT2D eigenvalue weighted by Gasteiger charge is 2.08. The van der Waals surface area contributed by atoms with Gasteiger partial charge in [0, 0.05) is 17.6 Å². The summed E-state index contributed by atoms with van der Waals surface area (Å²) in [5.41, 5.74) is 3.87. The summed E-state index contributed by atoms with van der Waals surface area (Å²) < 4.78 is 0. The molecule has 0 aliphatic rings. The second-order valence-electron chi connectivity index (χ2n) is 4.89. The molecule has 100 valence electrons. The van der Waals surface area contributed by atoms with E-state index in [-0.39, 0.29) is 0 Å². The summed E-state index contributed by atoms with van der Waals surface area (Å²) >= 11 is 6.06. The first kappa shape index (κ1) is 14.1. The van der Waals surface area contributed by atoms with Gasteiger partial charge in [0.15, 0.2) is 0 Å². The average Bonchev–Trinajstić information content (AvgIpc) is 2.40. The standard InChI is InChI=1S/C17H20ClN/c1-3-17(15-8-5-9-16(18)11-15)19-12-14-7-4-6-13(2)10-14/h4-11,17,19H,3,12H2,1-2H3. The van der Waals surface area contributed by atoms with Gasteiger partial charge in [-0.2, -0.15) is 0 Å². The maximum Gasteiger partial charge on any atom is 0.0409 e. The largest absolute Gasteiger partial charge is 0.306 e. The van der Waals surface area contributed by atoms with Crippen LogP contribution in [0.3, 0.4) is 0 Å². The van der Waals surface area contributed by atoms with Gasteiger partial charge in [-0.3, -0.25) is 0 Å². The lowest BCUT2D eigenvalue weighted by molar-refractivity contribution is 0.519. The average molecular weight is 274 g/mol. The lowest BCUT2D eigenvalue weighted by Crippen LogP contribution is -2.20. The Balaban J connectivity index is 2.04. The van der Waals surface area contributed by atoms with Crippen LogP contribution in [-0.4, -0.2) is 0 Å². The first-order chi connectivity index (χ1) is 9.19. The molecule has 0 fully saturated rings. The molecule has 1 unspecified atom stereocenters. The van der Waals surface area contributed by atoms with Crippen LogP contribution in [0, 0.1) is 6.92 Å². The summed E-state index contributed by atoms with van der Waals surface area (Å²) in [6.45, 7) is 5.19. The summed E-state index contributed by atoms with van der Waals surface area (Å²) in [5, 5.41) is 4.40. The molecule has 0 saturated carbocycles. The zero-order chi connectivity index (χ0) is 13.7. The third kappa shape index (κ3) is 4.09. The summed E-state index contributed by atoms with van der Waals surface area (Å²) in [6, 6.07) is 17.0. The van der Waals surface area contributed by atoms with Gasteiger partial charge in [0.05, 0.1) is 0 Å². The van der Waals surface area contributed by atoms with Crippen molar-refractivity contribution >= 4 is 11.6 Å². The molecule has 0 aromatic heterocycles. The Hall–Kier alpha value is -1.31. The van der Waals surface area contributed by atoms with Crippen molar-refractivity contribution < 1.29 is 0 Å². The van der Waals surface area contributed by atoms with Crippen LogP contribution in [0.1, 0.15) is 36.1 Å². The highest BCUT2D eigenvalue weighted by atomic mass is 35.5. The molecule has 2 heteroatoms. The lowest BCUT2D eigenvalue weighted by Gasteiger charge is -2.18. The minimum atomic E-state index is 0.346. The van der Waals surface area contributed by atoms with Crippen molar-refractivity contribution in [2.45, 2.75) is 32.9 Å². The highest BCUT2D eigenvalue weighted by Crippen LogP contribution is 2.20. The lowest BCUT2D eigenvalue weighted by atomic mass is 10.0. The Kier molecular flexibility index (Phi) is 5.00. The van der Waals surface area contributed by atoms with Gasteiger partial charge in [0.2, 0.25) is 0 Å². The Labute approximate surface area is 120 Å². The third-order valence-electron chi connectivity index (χ3n) is 3.29. The summed E-state index contributed by atoms with van der Waals surface area (Å²) in [6.07, 6.45) is 1.05. The Morgan fingerprint density at radius 2 is 1.89 bits per heavy atom. The van der Waals surface area contributed by atoms with Crippen molar-refractivity contribution in [3.05, 3.63) is 70.2 Å². The van der Waals surface area contributed by atoms with E-state index in [1.54, 1.807) is 0 Å². The molecule has 1 N–H and O–H groups in total. The Morgan fingerprint density at radius 1 is 1.11 bits per heavy atom. The van der Waals surface area contributed by atoms with Gasteiger partial charge in [0.1, 0.15) is 0 Å². The predicted octanol–water partition coefficient (Wildman–Crippen LogP) is 4.89. The third-order valence-corrected chi connectivity index (χ3v) is 3.53. The van der Waals surface area contributed by atoms with E-state index in [4.69, 9.17) is 11.6 Å². The number of halogens is 1.